The largest absolute Gasteiger partial charge is 6.00 e. The summed E-state index contributed by atoms with van der Waals surface area (Å²) in [5.74, 6) is 0. The van der Waals surface area contributed by atoms with E-state index in [1.165, 1.54) is 0 Å². The third-order valence-corrected chi connectivity index (χ3v) is 0. The molecule has 0 aromatic heterocycles. The summed E-state index contributed by atoms with van der Waals surface area (Å²) >= 11 is 0. The van der Waals surface area contributed by atoms with Gasteiger partial charge in [-0.3, -0.25) is 0 Å². The Kier molecular flexibility index (Phi) is 1470. The van der Waals surface area contributed by atoms with Crippen molar-refractivity contribution in [2.24, 2.45) is 53.4 Å². The summed E-state index contributed by atoms with van der Waals surface area (Å²) in [6, 6.07) is 0. The van der Waals surface area contributed by atoms with Crippen LogP contribution in [0.3, 0.4) is 0 Å². The first-order valence-electron chi connectivity index (χ1n) is 3.65. The van der Waals surface area contributed by atoms with Crippen LogP contribution in [0.4, 0.5) is 0 Å². The van der Waals surface area contributed by atoms with Crippen LogP contribution in [0, 0.1) is 101 Å². The molecule has 0 aliphatic rings. The first kappa shape index (κ1) is 80.5. The maximum atomic E-state index is 8.00. The number of rotatable bonds is 0. The Labute approximate surface area is 197 Å². The van der Waals surface area contributed by atoms with Gasteiger partial charge in [-0.15, -0.1) is 53.4 Å². The van der Waals surface area contributed by atoms with Gasteiger partial charge in [-0.1, -0.05) is 0 Å². The molecule has 0 rings (SSSR count). The fourth-order valence-corrected chi connectivity index (χ4v) is 0. The minimum atomic E-state index is 0. The Morgan fingerprint density at radius 3 is 0.250 bits per heavy atom. The molecular formula is N10O20TiW. The minimum Gasteiger partial charge on any atom is -0.444 e. The molecule has 0 aliphatic heterocycles. The van der Waals surface area contributed by atoms with Crippen molar-refractivity contribution in [3.63, 3.8) is 0 Å². The normalized spacial score (nSPS) is 3.75. The predicted molar refractivity (Wildman–Crippen MR) is 91.6 cm³/mol. The number of hydrogen-bond acceptors (Lipinski definition) is 30. The van der Waals surface area contributed by atoms with E-state index in [4.69, 9.17) is 101 Å². The molecule has 32 heavy (non-hydrogen) atoms. The molecular weight excluding hydrogens is 692 g/mol. The SMILES string of the molecule is O=N[O-].O=N[O-].O=N[O-].O=N[O-].O=N[O-].O=N[O-].O=N[O-].O=N[O-].O=N[O-].O=N[O-].[Ti+4].[W+6]. The van der Waals surface area contributed by atoms with Gasteiger partial charge in [-0.25, -0.2) is 0 Å². The first-order chi connectivity index (χ1) is 14.1. The molecule has 0 atom stereocenters. The van der Waals surface area contributed by atoms with E-state index in [2.05, 4.69) is 0 Å². The molecule has 0 unspecified atom stereocenters. The monoisotopic (exact) mass is 692 g/mol. The van der Waals surface area contributed by atoms with Crippen LogP contribution in [-0.2, 0) is 42.8 Å². The second kappa shape index (κ2) is 584. The molecule has 0 spiro atoms. The van der Waals surface area contributed by atoms with Gasteiger partial charge in [0.1, 0.15) is 0 Å². The van der Waals surface area contributed by atoms with Crippen molar-refractivity contribution in [3.05, 3.63) is 101 Å². The van der Waals surface area contributed by atoms with Crippen LogP contribution in [0.25, 0.3) is 0 Å². The second-order valence-corrected chi connectivity index (χ2v) is 0.745. The first-order valence-corrected chi connectivity index (χ1v) is 3.65. The van der Waals surface area contributed by atoms with Gasteiger partial charge in [-0.2, -0.15) is 0 Å². The van der Waals surface area contributed by atoms with E-state index in [0.717, 1.165) is 53.4 Å². The zero-order chi connectivity index (χ0) is 27.1. The maximum Gasteiger partial charge on any atom is 6.00 e. The molecule has 0 aromatic rings. The van der Waals surface area contributed by atoms with Gasteiger partial charge in [0.15, 0.2) is 0 Å². The maximum absolute atomic E-state index is 8.00. The van der Waals surface area contributed by atoms with Gasteiger partial charge in [0.05, 0.1) is 0 Å². The molecule has 0 amide bonds. The fourth-order valence-electron chi connectivity index (χ4n) is 0. The third kappa shape index (κ3) is 716. The van der Waals surface area contributed by atoms with Gasteiger partial charge >= 0.3 is 42.8 Å². The smallest absolute Gasteiger partial charge is 0.444 e. The molecule has 0 fully saturated rings. The summed E-state index contributed by atoms with van der Waals surface area (Å²) in [5, 5.41) is 90.0. The second-order valence-electron chi connectivity index (χ2n) is 0.745. The van der Waals surface area contributed by atoms with E-state index in [9.17, 15) is 0 Å². The Hall–Kier alpha value is -4.60. The van der Waals surface area contributed by atoms with E-state index in [1.54, 1.807) is 0 Å². The van der Waals surface area contributed by atoms with Crippen LogP contribution in [0.15, 0.2) is 53.4 Å². The summed E-state index contributed by atoms with van der Waals surface area (Å²) in [6.45, 7) is 0. The van der Waals surface area contributed by atoms with Crippen LogP contribution in [0.5, 0.6) is 0 Å². The van der Waals surface area contributed by atoms with Crippen LogP contribution >= 0.6 is 0 Å². The summed E-state index contributed by atoms with van der Waals surface area (Å²) in [5.41, 5.74) is 0. The number of hydrogen-bond donors (Lipinski definition) is 0. The molecule has 0 saturated carbocycles. The summed E-state index contributed by atoms with van der Waals surface area (Å²) in [4.78, 5) is 80.0. The summed E-state index contributed by atoms with van der Waals surface area (Å²) in [7, 11) is 0. The van der Waals surface area contributed by atoms with Crippen LogP contribution in [-0.4, -0.2) is 0 Å². The van der Waals surface area contributed by atoms with Crippen molar-refractivity contribution in [2.45, 2.75) is 0 Å². The van der Waals surface area contributed by atoms with Gasteiger partial charge in [-0.05, 0) is 0 Å². The van der Waals surface area contributed by atoms with Gasteiger partial charge < -0.3 is 101 Å². The van der Waals surface area contributed by atoms with E-state index >= 15 is 0 Å². The molecule has 0 aromatic carbocycles. The third-order valence-electron chi connectivity index (χ3n) is 0. The average Bonchev–Trinajstić information content (AvgIpc) is 2.61. The van der Waals surface area contributed by atoms with Gasteiger partial charge in [0, 0.05) is 0 Å². The van der Waals surface area contributed by atoms with Crippen molar-refractivity contribution in [1.82, 2.24) is 0 Å². The van der Waals surface area contributed by atoms with E-state index < -0.39 is 0 Å². The summed E-state index contributed by atoms with van der Waals surface area (Å²) < 4.78 is 0. The van der Waals surface area contributed by atoms with Gasteiger partial charge in [0.2, 0.25) is 0 Å². The van der Waals surface area contributed by atoms with E-state index in [-0.39, 0.29) is 42.8 Å². The van der Waals surface area contributed by atoms with Crippen molar-refractivity contribution < 1.29 is 42.8 Å². The van der Waals surface area contributed by atoms with Gasteiger partial charge in [0.25, 0.3) is 0 Å². The zero-order valence-electron chi connectivity index (χ0n) is 13.5. The van der Waals surface area contributed by atoms with Crippen LogP contribution in [0.2, 0.25) is 0 Å². The Bertz CT molecular complexity index is 215. The molecule has 0 bridgehead atoms. The van der Waals surface area contributed by atoms with E-state index in [1.807, 2.05) is 0 Å². The average molecular weight is 692 g/mol. The quantitative estimate of drug-likeness (QED) is 0.200. The predicted octanol–water partition coefficient (Wildman–Crippen LogP) is 2.50. The Morgan fingerprint density at radius 1 is 0.250 bits per heavy atom. The Balaban J connectivity index is -0.0000000138. The molecule has 0 radical (unpaired) electrons. The molecule has 0 N–H and O–H groups in total. The topological polar surface area (TPSA) is 525 Å². The van der Waals surface area contributed by atoms with Crippen molar-refractivity contribution >= 4 is 0 Å². The summed E-state index contributed by atoms with van der Waals surface area (Å²) in [6.07, 6.45) is 0. The molecule has 180 valence electrons. The Morgan fingerprint density at radius 2 is 0.250 bits per heavy atom. The van der Waals surface area contributed by atoms with Crippen LogP contribution < -0.4 is 0 Å². The van der Waals surface area contributed by atoms with Crippen molar-refractivity contribution in [1.29, 1.82) is 0 Å². The number of nitrogens with zero attached hydrogens (tertiary/aromatic N) is 10. The van der Waals surface area contributed by atoms with Crippen LogP contribution in [0.1, 0.15) is 0 Å². The minimum absolute atomic E-state index is 0. The van der Waals surface area contributed by atoms with E-state index in [0.29, 0.717) is 0 Å². The molecule has 0 saturated heterocycles. The molecule has 32 heteroatoms. The molecule has 30 nitrogen and oxygen atoms in total. The van der Waals surface area contributed by atoms with Crippen molar-refractivity contribution in [3.8, 4) is 0 Å². The molecule has 0 aliphatic carbocycles. The zero-order valence-corrected chi connectivity index (χ0v) is 18.0. The fraction of sp³-hybridized carbons (Fsp3) is 0. The standard InChI is InChI=1S/10HNO2.Ti.W/c10*2-1-3;;/h10*(H,2,3);;/q;;;;;;;;;;+4;+6/p-10. The molecule has 0 heterocycles. The van der Waals surface area contributed by atoms with Crippen molar-refractivity contribution in [2.75, 3.05) is 0 Å².